The highest BCUT2D eigenvalue weighted by Crippen LogP contribution is 2.28. The molecule has 1 heterocycles. The van der Waals surface area contributed by atoms with Gasteiger partial charge in [0.05, 0.1) is 10.6 Å². The van der Waals surface area contributed by atoms with Crippen LogP contribution >= 0.6 is 11.5 Å². The summed E-state index contributed by atoms with van der Waals surface area (Å²) in [5.41, 5.74) is 3.16. The standard InChI is InChI=1S/C13H15NOS/c1-3-10-6-4-5-7-11(10)13(15)12-8-9(2)14-16-12/h4-8,13,15H,3H2,1-2H3/t13-/m0/s1. The molecule has 1 atom stereocenters. The summed E-state index contributed by atoms with van der Waals surface area (Å²) in [6, 6.07) is 9.96. The van der Waals surface area contributed by atoms with Gasteiger partial charge in [0.25, 0.3) is 0 Å². The molecule has 0 aliphatic heterocycles. The Morgan fingerprint density at radius 3 is 2.75 bits per heavy atom. The maximum Gasteiger partial charge on any atom is 0.115 e. The molecule has 2 rings (SSSR count). The van der Waals surface area contributed by atoms with E-state index in [4.69, 9.17) is 0 Å². The van der Waals surface area contributed by atoms with Crippen LogP contribution in [0.1, 0.15) is 34.7 Å². The van der Waals surface area contributed by atoms with Crippen LogP contribution in [0.3, 0.4) is 0 Å². The first-order valence-electron chi connectivity index (χ1n) is 5.41. The van der Waals surface area contributed by atoms with Crippen LogP contribution in [0, 0.1) is 6.92 Å². The van der Waals surface area contributed by atoms with Crippen LogP contribution in [-0.4, -0.2) is 9.48 Å². The van der Waals surface area contributed by atoms with Crippen LogP contribution in [0.2, 0.25) is 0 Å². The van der Waals surface area contributed by atoms with Crippen molar-refractivity contribution in [2.75, 3.05) is 0 Å². The Bertz CT molecular complexity index is 478. The molecule has 16 heavy (non-hydrogen) atoms. The van der Waals surface area contributed by atoms with E-state index in [1.165, 1.54) is 17.1 Å². The Balaban J connectivity index is 2.36. The second kappa shape index (κ2) is 4.76. The molecule has 1 N–H and O–H groups in total. The minimum atomic E-state index is -0.539. The molecular weight excluding hydrogens is 218 g/mol. The maximum absolute atomic E-state index is 10.3. The van der Waals surface area contributed by atoms with E-state index in [-0.39, 0.29) is 0 Å². The summed E-state index contributed by atoms with van der Waals surface area (Å²) in [7, 11) is 0. The summed E-state index contributed by atoms with van der Waals surface area (Å²) in [5.74, 6) is 0. The molecule has 0 saturated carbocycles. The normalized spacial score (nSPS) is 12.7. The van der Waals surface area contributed by atoms with Gasteiger partial charge in [0, 0.05) is 0 Å². The zero-order valence-electron chi connectivity index (χ0n) is 9.47. The van der Waals surface area contributed by atoms with Crippen LogP contribution in [0.15, 0.2) is 30.3 Å². The zero-order chi connectivity index (χ0) is 11.5. The molecule has 2 aromatic rings. The van der Waals surface area contributed by atoms with Gasteiger partial charge in [0.2, 0.25) is 0 Å². The highest BCUT2D eigenvalue weighted by molar-refractivity contribution is 7.05. The molecule has 0 saturated heterocycles. The molecule has 0 aliphatic carbocycles. The number of aryl methyl sites for hydroxylation is 2. The van der Waals surface area contributed by atoms with Gasteiger partial charge in [0.15, 0.2) is 0 Å². The number of hydrogen-bond acceptors (Lipinski definition) is 3. The molecule has 1 aromatic heterocycles. The first-order chi connectivity index (χ1) is 7.72. The summed E-state index contributed by atoms with van der Waals surface area (Å²) in [5, 5.41) is 10.3. The van der Waals surface area contributed by atoms with Crippen molar-refractivity contribution in [3.8, 4) is 0 Å². The molecule has 0 spiro atoms. The fourth-order valence-corrected chi connectivity index (χ4v) is 2.54. The number of benzene rings is 1. The predicted molar refractivity (Wildman–Crippen MR) is 66.7 cm³/mol. The van der Waals surface area contributed by atoms with E-state index in [1.54, 1.807) is 0 Å². The molecule has 0 fully saturated rings. The van der Waals surface area contributed by atoms with Gasteiger partial charge in [0.1, 0.15) is 6.10 Å². The van der Waals surface area contributed by atoms with Crippen molar-refractivity contribution < 1.29 is 5.11 Å². The molecule has 2 nitrogen and oxygen atoms in total. The van der Waals surface area contributed by atoms with Crippen molar-refractivity contribution in [3.05, 3.63) is 52.0 Å². The van der Waals surface area contributed by atoms with E-state index < -0.39 is 6.10 Å². The highest BCUT2D eigenvalue weighted by atomic mass is 32.1. The maximum atomic E-state index is 10.3. The molecule has 0 radical (unpaired) electrons. The van der Waals surface area contributed by atoms with Gasteiger partial charge in [-0.15, -0.1) is 0 Å². The van der Waals surface area contributed by atoms with E-state index in [0.29, 0.717) is 0 Å². The third-order valence-corrected chi connectivity index (χ3v) is 3.58. The molecule has 84 valence electrons. The molecule has 0 amide bonds. The Hall–Kier alpha value is -1.19. The fourth-order valence-electron chi connectivity index (χ4n) is 1.79. The SMILES string of the molecule is CCc1ccccc1[C@H](O)c1cc(C)ns1. The van der Waals surface area contributed by atoms with Crippen molar-refractivity contribution in [1.82, 2.24) is 4.37 Å². The van der Waals surface area contributed by atoms with E-state index in [9.17, 15) is 5.11 Å². The van der Waals surface area contributed by atoms with Crippen LogP contribution in [0.25, 0.3) is 0 Å². The second-order valence-corrected chi connectivity index (χ2v) is 4.66. The average Bonchev–Trinajstić information content (AvgIpc) is 2.75. The van der Waals surface area contributed by atoms with Crippen LogP contribution in [-0.2, 0) is 6.42 Å². The molecular formula is C13H15NOS. The molecule has 0 unspecified atom stereocenters. The number of aromatic nitrogens is 1. The van der Waals surface area contributed by atoms with Gasteiger partial charge < -0.3 is 5.11 Å². The Morgan fingerprint density at radius 2 is 2.12 bits per heavy atom. The van der Waals surface area contributed by atoms with Gasteiger partial charge >= 0.3 is 0 Å². The number of hydrogen-bond donors (Lipinski definition) is 1. The van der Waals surface area contributed by atoms with Gasteiger partial charge in [-0.2, -0.15) is 4.37 Å². The van der Waals surface area contributed by atoms with Gasteiger partial charge in [-0.25, -0.2) is 0 Å². The van der Waals surface area contributed by atoms with Crippen molar-refractivity contribution in [2.24, 2.45) is 0 Å². The average molecular weight is 233 g/mol. The Kier molecular flexibility index (Phi) is 3.36. The van der Waals surface area contributed by atoms with E-state index in [1.807, 2.05) is 31.2 Å². The number of aliphatic hydroxyl groups is 1. The van der Waals surface area contributed by atoms with Crippen molar-refractivity contribution in [1.29, 1.82) is 0 Å². The lowest BCUT2D eigenvalue weighted by molar-refractivity contribution is 0.223. The Morgan fingerprint density at radius 1 is 1.38 bits per heavy atom. The monoisotopic (exact) mass is 233 g/mol. The second-order valence-electron chi connectivity index (χ2n) is 3.83. The van der Waals surface area contributed by atoms with Gasteiger partial charge in [-0.1, -0.05) is 31.2 Å². The van der Waals surface area contributed by atoms with Crippen LogP contribution in [0.5, 0.6) is 0 Å². The molecule has 0 aliphatic rings. The minimum absolute atomic E-state index is 0.539. The van der Waals surface area contributed by atoms with Crippen LogP contribution < -0.4 is 0 Å². The topological polar surface area (TPSA) is 33.1 Å². The first-order valence-corrected chi connectivity index (χ1v) is 6.18. The van der Waals surface area contributed by atoms with E-state index in [0.717, 1.165) is 22.6 Å². The lowest BCUT2D eigenvalue weighted by atomic mass is 9.99. The van der Waals surface area contributed by atoms with Gasteiger partial charge in [-0.05, 0) is 42.1 Å². The van der Waals surface area contributed by atoms with Gasteiger partial charge in [-0.3, -0.25) is 0 Å². The van der Waals surface area contributed by atoms with E-state index in [2.05, 4.69) is 17.4 Å². The summed E-state index contributed by atoms with van der Waals surface area (Å²) in [6.07, 6.45) is 0.396. The lowest BCUT2D eigenvalue weighted by Gasteiger charge is -2.12. The first kappa shape index (κ1) is 11.3. The molecule has 1 aromatic carbocycles. The molecule has 3 heteroatoms. The zero-order valence-corrected chi connectivity index (χ0v) is 10.3. The number of nitrogens with zero attached hydrogens (tertiary/aromatic N) is 1. The smallest absolute Gasteiger partial charge is 0.115 e. The minimum Gasteiger partial charge on any atom is -0.383 e. The summed E-state index contributed by atoms with van der Waals surface area (Å²) in [6.45, 7) is 4.04. The summed E-state index contributed by atoms with van der Waals surface area (Å²) >= 11 is 1.37. The van der Waals surface area contributed by atoms with Crippen molar-refractivity contribution in [3.63, 3.8) is 0 Å². The predicted octanol–water partition coefficient (Wildman–Crippen LogP) is 3.10. The molecule has 0 bridgehead atoms. The number of aliphatic hydroxyl groups excluding tert-OH is 1. The lowest BCUT2D eigenvalue weighted by Crippen LogP contribution is -2.01. The third kappa shape index (κ3) is 2.15. The van der Waals surface area contributed by atoms with Crippen LogP contribution in [0.4, 0.5) is 0 Å². The number of rotatable bonds is 3. The fraction of sp³-hybridized carbons (Fsp3) is 0.308. The quantitative estimate of drug-likeness (QED) is 0.883. The summed E-state index contributed by atoms with van der Waals surface area (Å²) in [4.78, 5) is 0.915. The summed E-state index contributed by atoms with van der Waals surface area (Å²) < 4.78 is 4.20. The largest absolute Gasteiger partial charge is 0.383 e. The Labute approximate surface area is 99.7 Å². The third-order valence-electron chi connectivity index (χ3n) is 2.65. The van der Waals surface area contributed by atoms with E-state index >= 15 is 0 Å². The van der Waals surface area contributed by atoms with Crippen molar-refractivity contribution in [2.45, 2.75) is 26.4 Å². The highest BCUT2D eigenvalue weighted by Gasteiger charge is 2.15. The van der Waals surface area contributed by atoms with Crippen molar-refractivity contribution >= 4 is 11.5 Å².